The molecule has 0 radical (unpaired) electrons. The molecule has 1 aromatic rings. The van der Waals surface area contributed by atoms with Crippen LogP contribution >= 0.6 is 0 Å². The van der Waals surface area contributed by atoms with Gasteiger partial charge in [0.2, 0.25) is 0 Å². The lowest BCUT2D eigenvalue weighted by atomic mass is 9.71. The van der Waals surface area contributed by atoms with Crippen molar-refractivity contribution < 1.29 is 18.7 Å². The molecule has 0 aromatic heterocycles. The molecule has 5 heteroatoms. The summed E-state index contributed by atoms with van der Waals surface area (Å²) in [4.78, 5) is 14.5. The second-order valence-corrected chi connectivity index (χ2v) is 6.89. The van der Waals surface area contributed by atoms with E-state index in [0.717, 1.165) is 32.2 Å². The molecule has 1 aliphatic heterocycles. The zero-order valence-corrected chi connectivity index (χ0v) is 13.8. The van der Waals surface area contributed by atoms with Crippen molar-refractivity contribution in [2.45, 2.75) is 44.8 Å². The minimum Gasteiger partial charge on any atom is -0.484 e. The highest BCUT2D eigenvalue weighted by atomic mass is 19.1. The topological polar surface area (TPSA) is 38.8 Å². The zero-order chi connectivity index (χ0) is 16.4. The number of amides is 1. The lowest BCUT2D eigenvalue weighted by molar-refractivity contribution is -0.136. The minimum absolute atomic E-state index is 0.00587. The van der Waals surface area contributed by atoms with Crippen LogP contribution in [0.3, 0.4) is 0 Å². The van der Waals surface area contributed by atoms with Crippen LogP contribution in [0.1, 0.15) is 32.6 Å². The number of carbonyl (C=O) groups is 1. The molecule has 0 N–H and O–H groups in total. The molecule has 126 valence electrons. The number of ether oxygens (including phenoxy) is 2. The van der Waals surface area contributed by atoms with Crippen LogP contribution in [0.25, 0.3) is 0 Å². The van der Waals surface area contributed by atoms with Gasteiger partial charge in [0.1, 0.15) is 11.6 Å². The summed E-state index contributed by atoms with van der Waals surface area (Å²) in [5.74, 6) is 0.220. The molecular formula is C18H24FNO3. The SMILES string of the molecule is CO[C@@H]1CC[C@H]2N(C(=O)COc3ccc(F)cc3)CC[C@@]2(C)C1. The lowest BCUT2D eigenvalue weighted by Crippen LogP contribution is -2.47. The molecule has 2 aliphatic rings. The molecule has 1 aromatic carbocycles. The van der Waals surface area contributed by atoms with Crippen LogP contribution in [-0.4, -0.2) is 43.2 Å². The van der Waals surface area contributed by atoms with E-state index < -0.39 is 0 Å². The number of hydrogen-bond acceptors (Lipinski definition) is 3. The number of methoxy groups -OCH3 is 1. The zero-order valence-electron chi connectivity index (χ0n) is 13.8. The number of nitrogens with zero attached hydrogens (tertiary/aromatic N) is 1. The first-order valence-electron chi connectivity index (χ1n) is 8.22. The van der Waals surface area contributed by atoms with Gasteiger partial charge in [-0.1, -0.05) is 6.92 Å². The normalized spacial score (nSPS) is 30.1. The Bertz CT molecular complexity index is 562. The summed E-state index contributed by atoms with van der Waals surface area (Å²) >= 11 is 0. The molecule has 4 nitrogen and oxygen atoms in total. The first-order chi connectivity index (χ1) is 11.0. The lowest BCUT2D eigenvalue weighted by Gasteiger charge is -2.42. The van der Waals surface area contributed by atoms with Gasteiger partial charge in [0.15, 0.2) is 6.61 Å². The van der Waals surface area contributed by atoms with Crippen molar-refractivity contribution in [3.8, 4) is 5.75 Å². The highest BCUT2D eigenvalue weighted by Crippen LogP contribution is 2.47. The van der Waals surface area contributed by atoms with Crippen molar-refractivity contribution in [3.63, 3.8) is 0 Å². The summed E-state index contributed by atoms with van der Waals surface area (Å²) in [7, 11) is 1.77. The fraction of sp³-hybridized carbons (Fsp3) is 0.611. The summed E-state index contributed by atoms with van der Waals surface area (Å²) in [6, 6.07) is 6.02. The average molecular weight is 321 g/mol. The third-order valence-corrected chi connectivity index (χ3v) is 5.39. The van der Waals surface area contributed by atoms with Crippen LogP contribution in [0.4, 0.5) is 4.39 Å². The van der Waals surface area contributed by atoms with Gasteiger partial charge in [0, 0.05) is 19.7 Å². The molecule has 3 rings (SSSR count). The van der Waals surface area contributed by atoms with Crippen LogP contribution in [-0.2, 0) is 9.53 Å². The molecule has 0 spiro atoms. The first-order valence-corrected chi connectivity index (χ1v) is 8.22. The van der Waals surface area contributed by atoms with Crippen LogP contribution in [0, 0.1) is 11.2 Å². The Morgan fingerprint density at radius 2 is 2.09 bits per heavy atom. The molecule has 1 amide bonds. The number of likely N-dealkylation sites (tertiary alicyclic amines) is 1. The predicted molar refractivity (Wildman–Crippen MR) is 84.8 cm³/mol. The van der Waals surface area contributed by atoms with E-state index >= 15 is 0 Å². The Balaban J connectivity index is 1.59. The Morgan fingerprint density at radius 3 is 2.78 bits per heavy atom. The summed E-state index contributed by atoms with van der Waals surface area (Å²) in [5.41, 5.74) is 0.143. The summed E-state index contributed by atoms with van der Waals surface area (Å²) in [5, 5.41) is 0. The average Bonchev–Trinajstić information content (AvgIpc) is 2.90. The summed E-state index contributed by atoms with van der Waals surface area (Å²) < 4.78 is 23.9. The summed E-state index contributed by atoms with van der Waals surface area (Å²) in [6.07, 6.45) is 4.31. The molecule has 2 fully saturated rings. The Hall–Kier alpha value is -1.62. The second-order valence-electron chi connectivity index (χ2n) is 6.89. The van der Waals surface area contributed by atoms with Gasteiger partial charge < -0.3 is 14.4 Å². The van der Waals surface area contributed by atoms with E-state index in [0.29, 0.717) is 11.9 Å². The standard InChI is InChI=1S/C18H24FNO3/c1-18-9-10-20(16(18)8-7-15(11-18)22-2)17(21)12-23-14-5-3-13(19)4-6-14/h3-6,15-16H,7-12H2,1-2H3/t15-,16-,18+/m1/s1. The van der Waals surface area contributed by atoms with Gasteiger partial charge in [0.05, 0.1) is 6.10 Å². The van der Waals surface area contributed by atoms with Crippen molar-refractivity contribution in [2.24, 2.45) is 5.41 Å². The van der Waals surface area contributed by atoms with Crippen molar-refractivity contribution >= 4 is 5.91 Å². The van der Waals surface area contributed by atoms with Gasteiger partial charge >= 0.3 is 0 Å². The van der Waals surface area contributed by atoms with Crippen molar-refractivity contribution in [1.82, 2.24) is 4.90 Å². The number of hydrogen-bond donors (Lipinski definition) is 0. The third kappa shape index (κ3) is 3.34. The maximum Gasteiger partial charge on any atom is 0.260 e. The molecule has 0 bridgehead atoms. The number of benzene rings is 1. The number of halogens is 1. The van der Waals surface area contributed by atoms with Gasteiger partial charge in [-0.15, -0.1) is 0 Å². The first kappa shape index (κ1) is 16.2. The Labute approximate surface area is 136 Å². The number of rotatable bonds is 4. The predicted octanol–water partition coefficient (Wildman–Crippen LogP) is 3.01. The fourth-order valence-corrected chi connectivity index (χ4v) is 4.04. The van der Waals surface area contributed by atoms with Gasteiger partial charge in [-0.3, -0.25) is 4.79 Å². The second kappa shape index (κ2) is 6.48. The molecule has 23 heavy (non-hydrogen) atoms. The smallest absolute Gasteiger partial charge is 0.260 e. The third-order valence-electron chi connectivity index (χ3n) is 5.39. The molecule has 0 unspecified atom stereocenters. The maximum absolute atomic E-state index is 12.9. The van der Waals surface area contributed by atoms with Gasteiger partial charge in [0.25, 0.3) is 5.91 Å². The minimum atomic E-state index is -0.311. The van der Waals surface area contributed by atoms with E-state index in [9.17, 15) is 9.18 Å². The van der Waals surface area contributed by atoms with E-state index in [1.165, 1.54) is 12.1 Å². The fourth-order valence-electron chi connectivity index (χ4n) is 4.04. The van der Waals surface area contributed by atoms with E-state index in [1.54, 1.807) is 19.2 Å². The maximum atomic E-state index is 12.9. The highest BCUT2D eigenvalue weighted by Gasteiger charge is 2.49. The van der Waals surface area contributed by atoms with Crippen LogP contribution in [0.2, 0.25) is 0 Å². The van der Waals surface area contributed by atoms with E-state index in [4.69, 9.17) is 9.47 Å². The molecule has 1 aliphatic carbocycles. The molecule has 1 heterocycles. The number of carbonyl (C=O) groups excluding carboxylic acids is 1. The van der Waals surface area contributed by atoms with E-state index in [-0.39, 0.29) is 29.8 Å². The monoisotopic (exact) mass is 321 g/mol. The van der Waals surface area contributed by atoms with Crippen molar-refractivity contribution in [3.05, 3.63) is 30.1 Å². The molecule has 1 saturated carbocycles. The Morgan fingerprint density at radius 1 is 1.35 bits per heavy atom. The van der Waals surface area contributed by atoms with Crippen LogP contribution in [0.5, 0.6) is 5.75 Å². The van der Waals surface area contributed by atoms with Crippen molar-refractivity contribution in [2.75, 3.05) is 20.3 Å². The van der Waals surface area contributed by atoms with E-state index in [1.807, 2.05) is 4.90 Å². The van der Waals surface area contributed by atoms with Crippen LogP contribution < -0.4 is 4.74 Å². The van der Waals surface area contributed by atoms with Crippen LogP contribution in [0.15, 0.2) is 24.3 Å². The van der Waals surface area contributed by atoms with E-state index in [2.05, 4.69) is 6.92 Å². The van der Waals surface area contributed by atoms with Gasteiger partial charge in [-0.05, 0) is 55.4 Å². The van der Waals surface area contributed by atoms with Gasteiger partial charge in [-0.25, -0.2) is 4.39 Å². The molecule has 3 atom stereocenters. The Kier molecular flexibility index (Phi) is 4.57. The van der Waals surface area contributed by atoms with Crippen molar-refractivity contribution in [1.29, 1.82) is 0 Å². The molecular weight excluding hydrogens is 297 g/mol. The number of fused-ring (bicyclic) bond motifs is 1. The largest absolute Gasteiger partial charge is 0.484 e. The summed E-state index contributed by atoms with van der Waals surface area (Å²) in [6.45, 7) is 3.05. The van der Waals surface area contributed by atoms with Gasteiger partial charge in [-0.2, -0.15) is 0 Å². The molecule has 1 saturated heterocycles. The quantitative estimate of drug-likeness (QED) is 0.856. The highest BCUT2D eigenvalue weighted by molar-refractivity contribution is 5.78.